The van der Waals surface area contributed by atoms with Crippen LogP contribution in [-0.4, -0.2) is 21.4 Å². The summed E-state index contributed by atoms with van der Waals surface area (Å²) in [5, 5.41) is 12.4. The predicted octanol–water partition coefficient (Wildman–Crippen LogP) is 0.962. The van der Waals surface area contributed by atoms with E-state index in [9.17, 15) is 4.79 Å². The second-order valence-electron chi connectivity index (χ2n) is 2.89. The number of benzene rings is 1. The number of H-pyrrole nitrogens is 1. The van der Waals surface area contributed by atoms with Gasteiger partial charge in [0.25, 0.3) is 0 Å². The van der Waals surface area contributed by atoms with Crippen LogP contribution in [0, 0.1) is 0 Å². The highest BCUT2D eigenvalue weighted by molar-refractivity contribution is 5.90. The van der Waals surface area contributed by atoms with Crippen LogP contribution in [0.2, 0.25) is 0 Å². The number of aromatic amines is 1. The molecule has 1 aromatic heterocycles. The van der Waals surface area contributed by atoms with Crippen molar-refractivity contribution in [3.63, 3.8) is 0 Å². The van der Waals surface area contributed by atoms with Gasteiger partial charge in [-0.05, 0) is 0 Å². The zero-order chi connectivity index (χ0) is 10.7. The molecule has 6 heteroatoms. The lowest BCUT2D eigenvalue weighted by atomic mass is 10.1. The van der Waals surface area contributed by atoms with Gasteiger partial charge in [-0.15, -0.1) is 5.10 Å². The molecule has 0 atom stereocenters. The molecule has 0 unspecified atom stereocenters. The van der Waals surface area contributed by atoms with E-state index in [1.54, 1.807) is 0 Å². The number of urea groups is 1. The topological polar surface area (TPSA) is 96.7 Å². The predicted molar refractivity (Wildman–Crippen MR) is 55.0 cm³/mol. The Morgan fingerprint density at radius 3 is 2.73 bits per heavy atom. The van der Waals surface area contributed by atoms with Crippen LogP contribution in [-0.2, 0) is 0 Å². The molecule has 1 aromatic carbocycles. The SMILES string of the molecule is NC(=O)Nc1nn[nH]c1-c1ccccc1. The van der Waals surface area contributed by atoms with Crippen molar-refractivity contribution >= 4 is 11.8 Å². The monoisotopic (exact) mass is 203 g/mol. The van der Waals surface area contributed by atoms with Crippen LogP contribution in [0.5, 0.6) is 0 Å². The Morgan fingerprint density at radius 1 is 1.33 bits per heavy atom. The van der Waals surface area contributed by atoms with Crippen molar-refractivity contribution in [2.45, 2.75) is 0 Å². The number of carbonyl (C=O) groups excluding carboxylic acids is 1. The molecule has 0 fully saturated rings. The van der Waals surface area contributed by atoms with Crippen molar-refractivity contribution in [3.8, 4) is 11.3 Å². The minimum Gasteiger partial charge on any atom is -0.351 e. The molecule has 0 aliphatic heterocycles. The fraction of sp³-hybridized carbons (Fsp3) is 0. The van der Waals surface area contributed by atoms with Crippen LogP contribution in [0.25, 0.3) is 11.3 Å². The molecule has 2 amide bonds. The first-order chi connectivity index (χ1) is 7.27. The van der Waals surface area contributed by atoms with E-state index < -0.39 is 6.03 Å². The maximum absolute atomic E-state index is 10.7. The summed E-state index contributed by atoms with van der Waals surface area (Å²) >= 11 is 0. The number of nitrogens with one attached hydrogen (secondary N) is 2. The normalized spacial score (nSPS) is 9.87. The van der Waals surface area contributed by atoms with Gasteiger partial charge in [-0.1, -0.05) is 35.5 Å². The number of rotatable bonds is 2. The van der Waals surface area contributed by atoms with Gasteiger partial charge in [0.2, 0.25) is 0 Å². The van der Waals surface area contributed by atoms with E-state index in [1.165, 1.54) is 0 Å². The third-order valence-corrected chi connectivity index (χ3v) is 1.85. The lowest BCUT2D eigenvalue weighted by Crippen LogP contribution is -2.19. The first-order valence-corrected chi connectivity index (χ1v) is 4.30. The number of nitrogens with zero attached hydrogens (tertiary/aromatic N) is 2. The highest BCUT2D eigenvalue weighted by atomic mass is 16.2. The Balaban J connectivity index is 2.37. The summed E-state index contributed by atoms with van der Waals surface area (Å²) in [6, 6.07) is 8.74. The van der Waals surface area contributed by atoms with E-state index in [-0.39, 0.29) is 0 Å². The quantitative estimate of drug-likeness (QED) is 0.678. The molecule has 15 heavy (non-hydrogen) atoms. The lowest BCUT2D eigenvalue weighted by Gasteiger charge is -2.00. The summed E-state index contributed by atoms with van der Waals surface area (Å²) in [6.45, 7) is 0. The summed E-state index contributed by atoms with van der Waals surface area (Å²) in [5.74, 6) is 0.328. The van der Waals surface area contributed by atoms with Gasteiger partial charge >= 0.3 is 6.03 Å². The van der Waals surface area contributed by atoms with Gasteiger partial charge in [-0.2, -0.15) is 0 Å². The van der Waals surface area contributed by atoms with Gasteiger partial charge in [-0.25, -0.2) is 4.79 Å². The number of anilines is 1. The zero-order valence-corrected chi connectivity index (χ0v) is 7.77. The van der Waals surface area contributed by atoms with E-state index in [4.69, 9.17) is 5.73 Å². The molecule has 6 nitrogen and oxygen atoms in total. The molecular formula is C9H9N5O. The Kier molecular flexibility index (Phi) is 2.32. The Labute approximate surface area is 85.5 Å². The average Bonchev–Trinajstić information content (AvgIpc) is 2.66. The largest absolute Gasteiger partial charge is 0.351 e. The fourth-order valence-electron chi connectivity index (χ4n) is 1.24. The van der Waals surface area contributed by atoms with Gasteiger partial charge in [0.05, 0.1) is 0 Å². The molecule has 0 saturated carbocycles. The summed E-state index contributed by atoms with van der Waals surface area (Å²) in [7, 11) is 0. The van der Waals surface area contributed by atoms with Crippen LogP contribution < -0.4 is 11.1 Å². The lowest BCUT2D eigenvalue weighted by molar-refractivity contribution is 0.259. The smallest absolute Gasteiger partial charge is 0.317 e. The average molecular weight is 203 g/mol. The van der Waals surface area contributed by atoms with Gasteiger partial charge in [0.15, 0.2) is 5.82 Å². The maximum atomic E-state index is 10.7. The van der Waals surface area contributed by atoms with Crippen molar-refractivity contribution in [1.29, 1.82) is 0 Å². The molecule has 0 spiro atoms. The van der Waals surface area contributed by atoms with Crippen LogP contribution in [0.3, 0.4) is 0 Å². The van der Waals surface area contributed by atoms with Crippen molar-refractivity contribution < 1.29 is 4.79 Å². The van der Waals surface area contributed by atoms with Crippen LogP contribution in [0.4, 0.5) is 10.6 Å². The molecule has 2 rings (SSSR count). The third kappa shape index (κ3) is 1.93. The number of primary amides is 1. The highest BCUT2D eigenvalue weighted by Gasteiger charge is 2.09. The molecule has 0 aliphatic carbocycles. The fourth-order valence-corrected chi connectivity index (χ4v) is 1.24. The van der Waals surface area contributed by atoms with Crippen molar-refractivity contribution in [2.24, 2.45) is 5.73 Å². The summed E-state index contributed by atoms with van der Waals surface area (Å²) < 4.78 is 0. The highest BCUT2D eigenvalue weighted by Crippen LogP contribution is 2.22. The van der Waals surface area contributed by atoms with Gasteiger partial charge in [0.1, 0.15) is 5.69 Å². The van der Waals surface area contributed by atoms with E-state index >= 15 is 0 Å². The number of aromatic nitrogens is 3. The van der Waals surface area contributed by atoms with Crippen LogP contribution in [0.1, 0.15) is 0 Å². The van der Waals surface area contributed by atoms with Crippen LogP contribution >= 0.6 is 0 Å². The number of hydrogen-bond donors (Lipinski definition) is 3. The van der Waals surface area contributed by atoms with E-state index in [2.05, 4.69) is 20.7 Å². The number of amides is 2. The van der Waals surface area contributed by atoms with Crippen LogP contribution in [0.15, 0.2) is 30.3 Å². The molecule has 0 aliphatic rings. The second-order valence-corrected chi connectivity index (χ2v) is 2.89. The van der Waals surface area contributed by atoms with E-state index in [0.717, 1.165) is 5.56 Å². The van der Waals surface area contributed by atoms with Gasteiger partial charge < -0.3 is 5.73 Å². The van der Waals surface area contributed by atoms with Gasteiger partial charge in [0, 0.05) is 5.56 Å². The number of nitrogens with two attached hydrogens (primary N) is 1. The summed E-state index contributed by atoms with van der Waals surface area (Å²) in [4.78, 5) is 10.7. The first kappa shape index (κ1) is 9.20. The third-order valence-electron chi connectivity index (χ3n) is 1.85. The van der Waals surface area contributed by atoms with Crippen molar-refractivity contribution in [2.75, 3.05) is 5.32 Å². The molecule has 1 heterocycles. The van der Waals surface area contributed by atoms with E-state index in [1.807, 2.05) is 30.3 Å². The molecule has 2 aromatic rings. The summed E-state index contributed by atoms with van der Waals surface area (Å²) in [6.07, 6.45) is 0. The molecule has 4 N–H and O–H groups in total. The zero-order valence-electron chi connectivity index (χ0n) is 7.77. The Bertz CT molecular complexity index is 464. The second kappa shape index (κ2) is 3.79. The maximum Gasteiger partial charge on any atom is 0.317 e. The number of hydrogen-bond acceptors (Lipinski definition) is 3. The minimum atomic E-state index is -0.666. The van der Waals surface area contributed by atoms with Gasteiger partial charge in [-0.3, -0.25) is 10.4 Å². The Hall–Kier alpha value is -2.37. The molecule has 0 radical (unpaired) electrons. The van der Waals surface area contributed by atoms with Crippen molar-refractivity contribution in [1.82, 2.24) is 15.4 Å². The minimum absolute atomic E-state index is 0.328. The molecule has 0 saturated heterocycles. The summed E-state index contributed by atoms with van der Waals surface area (Å²) in [5.41, 5.74) is 6.51. The van der Waals surface area contributed by atoms with Crippen molar-refractivity contribution in [3.05, 3.63) is 30.3 Å². The first-order valence-electron chi connectivity index (χ1n) is 4.30. The standard InChI is InChI=1S/C9H9N5O/c10-9(15)11-8-7(12-14-13-8)6-4-2-1-3-5-6/h1-5H,(H4,10,11,12,13,14,15). The number of carbonyl (C=O) groups is 1. The Morgan fingerprint density at radius 2 is 2.07 bits per heavy atom. The molecule has 0 bridgehead atoms. The molecular weight excluding hydrogens is 194 g/mol. The molecule has 76 valence electrons. The van der Waals surface area contributed by atoms with E-state index in [0.29, 0.717) is 11.5 Å².